The van der Waals surface area contributed by atoms with E-state index in [0.29, 0.717) is 5.69 Å². The van der Waals surface area contributed by atoms with Gasteiger partial charge < -0.3 is 0 Å². The van der Waals surface area contributed by atoms with Crippen molar-refractivity contribution in [1.82, 2.24) is 9.97 Å². The third-order valence-electron chi connectivity index (χ3n) is 1.07. The highest BCUT2D eigenvalue weighted by Gasteiger charge is 2.32. The standard InChI is InChI=1S/C6H5F3N2.C2H6/c1-4-2-11-5(3-10-4)6(7,8)9;1-2/h2-3H,1H3;1-2H3. The maximum atomic E-state index is 11.8. The first-order valence-electron chi connectivity index (χ1n) is 3.86. The topological polar surface area (TPSA) is 25.8 Å². The molecule has 0 fully saturated rings. The first-order valence-corrected chi connectivity index (χ1v) is 3.86. The summed E-state index contributed by atoms with van der Waals surface area (Å²) in [7, 11) is 0. The zero-order valence-corrected chi connectivity index (χ0v) is 7.68. The summed E-state index contributed by atoms with van der Waals surface area (Å²) in [5.74, 6) is 0. The molecule has 74 valence electrons. The molecule has 0 bridgehead atoms. The van der Waals surface area contributed by atoms with Gasteiger partial charge in [0.15, 0.2) is 5.69 Å². The summed E-state index contributed by atoms with van der Waals surface area (Å²) in [6, 6.07) is 0. The number of nitrogens with zero attached hydrogens (tertiary/aromatic N) is 2. The lowest BCUT2D eigenvalue weighted by atomic mass is 10.4. The Balaban J connectivity index is 0.000000671. The first-order chi connectivity index (χ1) is 6.00. The van der Waals surface area contributed by atoms with Crippen LogP contribution < -0.4 is 0 Å². The Bertz CT molecular complexity index is 241. The smallest absolute Gasteiger partial charge is 0.258 e. The van der Waals surface area contributed by atoms with E-state index in [2.05, 4.69) is 9.97 Å². The van der Waals surface area contributed by atoms with Crippen molar-refractivity contribution in [2.24, 2.45) is 0 Å². The van der Waals surface area contributed by atoms with Crippen LogP contribution in [-0.2, 0) is 6.18 Å². The zero-order valence-electron chi connectivity index (χ0n) is 7.68. The van der Waals surface area contributed by atoms with Crippen LogP contribution in [0.5, 0.6) is 0 Å². The number of alkyl halides is 3. The van der Waals surface area contributed by atoms with Crippen LogP contribution in [0.15, 0.2) is 12.4 Å². The van der Waals surface area contributed by atoms with Gasteiger partial charge in [0.25, 0.3) is 0 Å². The van der Waals surface area contributed by atoms with Crippen LogP contribution >= 0.6 is 0 Å². The molecule has 0 spiro atoms. The van der Waals surface area contributed by atoms with E-state index in [1.807, 2.05) is 13.8 Å². The molecule has 0 aliphatic carbocycles. The van der Waals surface area contributed by atoms with Crippen molar-refractivity contribution in [3.63, 3.8) is 0 Å². The van der Waals surface area contributed by atoms with Crippen LogP contribution in [-0.4, -0.2) is 9.97 Å². The van der Waals surface area contributed by atoms with Gasteiger partial charge in [0.05, 0.1) is 11.9 Å². The molecule has 1 rings (SSSR count). The monoisotopic (exact) mass is 192 g/mol. The highest BCUT2D eigenvalue weighted by atomic mass is 19.4. The Morgan fingerprint density at radius 3 is 1.92 bits per heavy atom. The number of hydrogen-bond donors (Lipinski definition) is 0. The maximum Gasteiger partial charge on any atom is 0.434 e. The van der Waals surface area contributed by atoms with Crippen LogP contribution in [0.25, 0.3) is 0 Å². The fourth-order valence-corrected chi connectivity index (χ4v) is 0.539. The van der Waals surface area contributed by atoms with Crippen molar-refractivity contribution in [3.8, 4) is 0 Å². The van der Waals surface area contributed by atoms with Gasteiger partial charge in [-0.3, -0.25) is 4.98 Å². The molecular formula is C8H11F3N2. The minimum Gasteiger partial charge on any atom is -0.258 e. The highest BCUT2D eigenvalue weighted by molar-refractivity contribution is 5.03. The summed E-state index contributed by atoms with van der Waals surface area (Å²) >= 11 is 0. The summed E-state index contributed by atoms with van der Waals surface area (Å²) < 4.78 is 35.5. The lowest BCUT2D eigenvalue weighted by molar-refractivity contribution is -0.141. The normalized spacial score (nSPS) is 10.3. The summed E-state index contributed by atoms with van der Waals surface area (Å²) in [5, 5.41) is 0. The van der Waals surface area contributed by atoms with Gasteiger partial charge in [-0.1, -0.05) is 13.8 Å². The molecule has 0 aromatic carbocycles. The molecule has 2 nitrogen and oxygen atoms in total. The number of halogens is 3. The van der Waals surface area contributed by atoms with E-state index < -0.39 is 11.9 Å². The molecule has 0 unspecified atom stereocenters. The second-order valence-electron chi connectivity index (χ2n) is 2.04. The van der Waals surface area contributed by atoms with Gasteiger partial charge in [-0.2, -0.15) is 13.2 Å². The molecule has 0 N–H and O–H groups in total. The van der Waals surface area contributed by atoms with Crippen LogP contribution in [0.3, 0.4) is 0 Å². The molecule has 0 amide bonds. The molecule has 0 radical (unpaired) electrons. The average molecular weight is 192 g/mol. The SMILES string of the molecule is CC.Cc1cnc(C(F)(F)F)cn1. The largest absolute Gasteiger partial charge is 0.434 e. The predicted molar refractivity (Wildman–Crippen MR) is 43.1 cm³/mol. The molecule has 1 aromatic rings. The fourth-order valence-electron chi connectivity index (χ4n) is 0.539. The number of hydrogen-bond acceptors (Lipinski definition) is 2. The number of aromatic nitrogens is 2. The summed E-state index contributed by atoms with van der Waals surface area (Å²) in [5.41, 5.74) is -0.485. The Morgan fingerprint density at radius 2 is 1.62 bits per heavy atom. The van der Waals surface area contributed by atoms with Crippen LogP contribution in [0.2, 0.25) is 0 Å². The Labute approximate surface area is 74.8 Å². The molecule has 0 aliphatic rings. The summed E-state index contributed by atoms with van der Waals surface area (Å²) in [6.45, 7) is 5.58. The van der Waals surface area contributed by atoms with Crippen molar-refractivity contribution >= 4 is 0 Å². The van der Waals surface area contributed by atoms with E-state index in [1.165, 1.54) is 0 Å². The Hall–Kier alpha value is -1.13. The van der Waals surface area contributed by atoms with Crippen molar-refractivity contribution in [3.05, 3.63) is 23.8 Å². The van der Waals surface area contributed by atoms with Gasteiger partial charge in [-0.25, -0.2) is 4.98 Å². The quantitative estimate of drug-likeness (QED) is 0.631. The van der Waals surface area contributed by atoms with E-state index in [-0.39, 0.29) is 0 Å². The van der Waals surface area contributed by atoms with E-state index in [1.54, 1.807) is 6.92 Å². The molecule has 0 aliphatic heterocycles. The zero-order chi connectivity index (χ0) is 10.5. The van der Waals surface area contributed by atoms with E-state index >= 15 is 0 Å². The molecule has 1 aromatic heterocycles. The van der Waals surface area contributed by atoms with Crippen molar-refractivity contribution in [1.29, 1.82) is 0 Å². The van der Waals surface area contributed by atoms with Gasteiger partial charge in [0.2, 0.25) is 0 Å². The van der Waals surface area contributed by atoms with E-state index in [4.69, 9.17) is 0 Å². The van der Waals surface area contributed by atoms with Crippen molar-refractivity contribution in [2.75, 3.05) is 0 Å². The third-order valence-corrected chi connectivity index (χ3v) is 1.07. The van der Waals surface area contributed by atoms with Crippen LogP contribution in [0, 0.1) is 6.92 Å². The average Bonchev–Trinajstić information content (AvgIpc) is 2.07. The molecule has 0 saturated carbocycles. The highest BCUT2D eigenvalue weighted by Crippen LogP contribution is 2.26. The van der Waals surface area contributed by atoms with Gasteiger partial charge >= 0.3 is 6.18 Å². The molecule has 0 saturated heterocycles. The lowest BCUT2D eigenvalue weighted by Crippen LogP contribution is -2.08. The summed E-state index contributed by atoms with van der Waals surface area (Å²) in [6.07, 6.45) is -2.58. The first kappa shape index (κ1) is 11.9. The van der Waals surface area contributed by atoms with Crippen molar-refractivity contribution in [2.45, 2.75) is 26.9 Å². The molecular weight excluding hydrogens is 181 g/mol. The van der Waals surface area contributed by atoms with Gasteiger partial charge in [0.1, 0.15) is 0 Å². The number of rotatable bonds is 0. The van der Waals surface area contributed by atoms with Gasteiger partial charge in [0, 0.05) is 6.20 Å². The Kier molecular flexibility index (Phi) is 4.37. The second-order valence-corrected chi connectivity index (χ2v) is 2.04. The van der Waals surface area contributed by atoms with Crippen LogP contribution in [0.4, 0.5) is 13.2 Å². The third kappa shape index (κ3) is 3.87. The minimum atomic E-state index is -4.39. The molecule has 1 heterocycles. The summed E-state index contributed by atoms with van der Waals surface area (Å²) in [4.78, 5) is 6.63. The van der Waals surface area contributed by atoms with E-state index in [9.17, 15) is 13.2 Å². The Morgan fingerprint density at radius 1 is 1.08 bits per heavy atom. The van der Waals surface area contributed by atoms with E-state index in [0.717, 1.165) is 12.4 Å². The number of aryl methyl sites for hydroxylation is 1. The molecule has 5 heteroatoms. The minimum absolute atomic E-state index is 0.470. The van der Waals surface area contributed by atoms with Crippen LogP contribution in [0.1, 0.15) is 25.2 Å². The molecule has 0 atom stereocenters. The molecule has 13 heavy (non-hydrogen) atoms. The maximum absolute atomic E-state index is 11.8. The van der Waals surface area contributed by atoms with Gasteiger partial charge in [-0.05, 0) is 6.92 Å². The second kappa shape index (κ2) is 4.79. The fraction of sp³-hybridized carbons (Fsp3) is 0.500. The van der Waals surface area contributed by atoms with Crippen molar-refractivity contribution < 1.29 is 13.2 Å². The lowest BCUT2D eigenvalue weighted by Gasteiger charge is -2.03. The van der Waals surface area contributed by atoms with Gasteiger partial charge in [-0.15, -0.1) is 0 Å². The predicted octanol–water partition coefficient (Wildman–Crippen LogP) is 2.83.